The SMILES string of the molecule is CC(CCl)CS(=O)(=O)NCCC(F)(F)F. The minimum absolute atomic E-state index is 0.153. The number of nitrogens with one attached hydrogen (secondary N) is 1. The molecule has 0 radical (unpaired) electrons. The number of hydrogen-bond acceptors (Lipinski definition) is 2. The zero-order chi connectivity index (χ0) is 12.1. The van der Waals surface area contributed by atoms with Gasteiger partial charge in [0.15, 0.2) is 0 Å². The molecule has 0 spiro atoms. The van der Waals surface area contributed by atoms with Gasteiger partial charge in [0.25, 0.3) is 0 Å². The summed E-state index contributed by atoms with van der Waals surface area (Å²) < 4.78 is 59.3. The van der Waals surface area contributed by atoms with Crippen molar-refractivity contribution in [3.05, 3.63) is 0 Å². The van der Waals surface area contributed by atoms with E-state index < -0.39 is 29.2 Å². The lowest BCUT2D eigenvalue weighted by Gasteiger charge is -2.11. The Balaban J connectivity index is 3.96. The van der Waals surface area contributed by atoms with Crippen LogP contribution < -0.4 is 4.72 Å². The van der Waals surface area contributed by atoms with E-state index in [0.29, 0.717) is 0 Å². The Labute approximate surface area is 92.0 Å². The van der Waals surface area contributed by atoms with Gasteiger partial charge in [-0.15, -0.1) is 11.6 Å². The maximum Gasteiger partial charge on any atom is 0.390 e. The van der Waals surface area contributed by atoms with E-state index in [0.717, 1.165) is 0 Å². The average Bonchev–Trinajstić information content (AvgIpc) is 2.00. The van der Waals surface area contributed by atoms with E-state index >= 15 is 0 Å². The molecule has 0 saturated carbocycles. The predicted octanol–water partition coefficient (Wildman–Crippen LogP) is 1.73. The predicted molar refractivity (Wildman–Crippen MR) is 52.3 cm³/mol. The van der Waals surface area contributed by atoms with Gasteiger partial charge in [0.05, 0.1) is 12.2 Å². The van der Waals surface area contributed by atoms with Crippen molar-refractivity contribution < 1.29 is 21.6 Å². The third-order valence-corrected chi connectivity index (χ3v) is 3.68. The molecule has 8 heteroatoms. The molecule has 15 heavy (non-hydrogen) atoms. The molecule has 0 heterocycles. The Morgan fingerprint density at radius 1 is 1.40 bits per heavy atom. The fourth-order valence-electron chi connectivity index (χ4n) is 0.826. The third kappa shape index (κ3) is 8.95. The number of halogens is 4. The van der Waals surface area contributed by atoms with E-state index in [1.54, 1.807) is 6.92 Å². The highest BCUT2D eigenvalue weighted by molar-refractivity contribution is 7.89. The smallest absolute Gasteiger partial charge is 0.215 e. The maximum atomic E-state index is 11.7. The summed E-state index contributed by atoms with van der Waals surface area (Å²) in [4.78, 5) is 0. The third-order valence-electron chi connectivity index (χ3n) is 1.50. The van der Waals surface area contributed by atoms with Crippen molar-refractivity contribution in [2.75, 3.05) is 18.2 Å². The highest BCUT2D eigenvalue weighted by Gasteiger charge is 2.27. The van der Waals surface area contributed by atoms with Gasteiger partial charge in [-0.1, -0.05) is 6.92 Å². The van der Waals surface area contributed by atoms with Crippen molar-refractivity contribution in [3.8, 4) is 0 Å². The Kier molecular flexibility index (Phi) is 5.90. The Morgan fingerprint density at radius 2 is 1.93 bits per heavy atom. The molecular weight excluding hydrogens is 255 g/mol. The molecule has 0 fully saturated rings. The van der Waals surface area contributed by atoms with Crippen LogP contribution in [0.25, 0.3) is 0 Å². The van der Waals surface area contributed by atoms with Crippen molar-refractivity contribution in [1.29, 1.82) is 0 Å². The van der Waals surface area contributed by atoms with E-state index in [9.17, 15) is 21.6 Å². The molecule has 1 atom stereocenters. The van der Waals surface area contributed by atoms with Crippen LogP contribution in [-0.4, -0.2) is 32.8 Å². The van der Waals surface area contributed by atoms with Crippen molar-refractivity contribution in [2.24, 2.45) is 5.92 Å². The van der Waals surface area contributed by atoms with Crippen LogP contribution in [-0.2, 0) is 10.0 Å². The molecule has 92 valence electrons. The van der Waals surface area contributed by atoms with Crippen molar-refractivity contribution in [3.63, 3.8) is 0 Å². The van der Waals surface area contributed by atoms with E-state index in [2.05, 4.69) is 0 Å². The minimum Gasteiger partial charge on any atom is -0.215 e. The van der Waals surface area contributed by atoms with E-state index in [4.69, 9.17) is 11.6 Å². The standard InChI is InChI=1S/C7H13ClF3NO2S/c1-6(4-8)5-15(13,14)12-3-2-7(9,10)11/h6,12H,2-5H2,1H3. The molecule has 0 bridgehead atoms. The molecule has 0 aliphatic carbocycles. The first-order valence-corrected chi connectivity index (χ1v) is 6.45. The normalized spacial score (nSPS) is 15.3. The van der Waals surface area contributed by atoms with Crippen LogP contribution in [0.3, 0.4) is 0 Å². The molecule has 0 aliphatic heterocycles. The molecule has 0 amide bonds. The summed E-state index contributed by atoms with van der Waals surface area (Å²) in [5.41, 5.74) is 0. The fraction of sp³-hybridized carbons (Fsp3) is 1.00. The Hall–Kier alpha value is -0.0100. The largest absolute Gasteiger partial charge is 0.390 e. The molecule has 3 nitrogen and oxygen atoms in total. The average molecular weight is 268 g/mol. The van der Waals surface area contributed by atoms with Crippen LogP contribution in [0.5, 0.6) is 0 Å². The summed E-state index contributed by atoms with van der Waals surface area (Å²) in [6.07, 6.45) is -5.51. The molecule has 0 aromatic carbocycles. The topological polar surface area (TPSA) is 46.2 Å². The molecule has 1 N–H and O–H groups in total. The summed E-state index contributed by atoms with van der Waals surface area (Å²) >= 11 is 5.39. The zero-order valence-corrected chi connectivity index (χ0v) is 9.71. The number of alkyl halides is 4. The van der Waals surface area contributed by atoms with Gasteiger partial charge in [-0.05, 0) is 5.92 Å². The van der Waals surface area contributed by atoms with Gasteiger partial charge in [-0.3, -0.25) is 0 Å². The Morgan fingerprint density at radius 3 is 2.33 bits per heavy atom. The molecule has 0 saturated heterocycles. The zero-order valence-electron chi connectivity index (χ0n) is 8.14. The second-order valence-electron chi connectivity index (χ2n) is 3.30. The summed E-state index contributed by atoms with van der Waals surface area (Å²) in [5.74, 6) is -0.385. The fourth-order valence-corrected chi connectivity index (χ4v) is 2.46. The van der Waals surface area contributed by atoms with Gasteiger partial charge in [-0.2, -0.15) is 13.2 Å². The van der Waals surface area contributed by atoms with Crippen LogP contribution in [0.15, 0.2) is 0 Å². The Bertz CT molecular complexity index is 278. The quantitative estimate of drug-likeness (QED) is 0.745. The van der Waals surface area contributed by atoms with Crippen molar-refractivity contribution in [2.45, 2.75) is 19.5 Å². The highest BCUT2D eigenvalue weighted by Crippen LogP contribution is 2.18. The molecule has 1 unspecified atom stereocenters. The summed E-state index contributed by atoms with van der Waals surface area (Å²) in [7, 11) is -3.65. The monoisotopic (exact) mass is 267 g/mol. The summed E-state index contributed by atoms with van der Waals surface area (Å²) in [6, 6.07) is 0. The molecule has 0 aliphatic rings. The number of rotatable bonds is 6. The first kappa shape index (κ1) is 15.0. The second-order valence-corrected chi connectivity index (χ2v) is 5.46. The lowest BCUT2D eigenvalue weighted by Crippen LogP contribution is -2.32. The number of hydrogen-bond donors (Lipinski definition) is 1. The van der Waals surface area contributed by atoms with Crippen molar-refractivity contribution in [1.82, 2.24) is 4.72 Å². The van der Waals surface area contributed by atoms with Crippen LogP contribution in [0, 0.1) is 5.92 Å². The first-order valence-electron chi connectivity index (χ1n) is 4.26. The summed E-state index contributed by atoms with van der Waals surface area (Å²) in [6.45, 7) is 0.983. The van der Waals surface area contributed by atoms with Gasteiger partial charge in [0.2, 0.25) is 10.0 Å². The van der Waals surface area contributed by atoms with Gasteiger partial charge in [0.1, 0.15) is 0 Å². The molecular formula is C7H13ClF3NO2S. The summed E-state index contributed by atoms with van der Waals surface area (Å²) in [5, 5.41) is 0. The van der Waals surface area contributed by atoms with Gasteiger partial charge in [-0.25, -0.2) is 13.1 Å². The molecule has 0 rings (SSSR count). The van der Waals surface area contributed by atoms with Crippen LogP contribution in [0.2, 0.25) is 0 Å². The van der Waals surface area contributed by atoms with Crippen LogP contribution in [0.4, 0.5) is 13.2 Å². The maximum absolute atomic E-state index is 11.7. The van der Waals surface area contributed by atoms with Crippen LogP contribution in [0.1, 0.15) is 13.3 Å². The lowest BCUT2D eigenvalue weighted by molar-refractivity contribution is -0.132. The number of sulfonamides is 1. The van der Waals surface area contributed by atoms with Gasteiger partial charge < -0.3 is 0 Å². The minimum atomic E-state index is -4.35. The second kappa shape index (κ2) is 5.91. The van der Waals surface area contributed by atoms with Gasteiger partial charge in [0, 0.05) is 12.4 Å². The van der Waals surface area contributed by atoms with E-state index in [-0.39, 0.29) is 17.6 Å². The van der Waals surface area contributed by atoms with Gasteiger partial charge >= 0.3 is 6.18 Å². The van der Waals surface area contributed by atoms with Crippen LogP contribution >= 0.6 is 11.6 Å². The first-order chi connectivity index (χ1) is 6.66. The van der Waals surface area contributed by atoms with Crippen molar-refractivity contribution >= 4 is 21.6 Å². The highest BCUT2D eigenvalue weighted by atomic mass is 35.5. The molecule has 0 aromatic heterocycles. The molecule has 0 aromatic rings. The van der Waals surface area contributed by atoms with E-state index in [1.807, 2.05) is 4.72 Å². The van der Waals surface area contributed by atoms with E-state index in [1.165, 1.54) is 0 Å². The lowest BCUT2D eigenvalue weighted by atomic mass is 10.3.